The van der Waals surface area contributed by atoms with Crippen LogP contribution in [-0.4, -0.2) is 59.8 Å². The molecule has 0 unspecified atom stereocenters. The maximum Gasteiger partial charge on any atom is 0.257 e. The molecule has 0 radical (unpaired) electrons. The lowest BCUT2D eigenvalue weighted by molar-refractivity contribution is 0.0383. The lowest BCUT2D eigenvalue weighted by atomic mass is 10.1. The van der Waals surface area contributed by atoms with Crippen molar-refractivity contribution in [2.24, 2.45) is 7.05 Å². The van der Waals surface area contributed by atoms with Crippen LogP contribution in [0.15, 0.2) is 64.5 Å². The molecule has 0 aliphatic carbocycles. The summed E-state index contributed by atoms with van der Waals surface area (Å²) in [6.45, 7) is 6.59. The van der Waals surface area contributed by atoms with E-state index in [1.54, 1.807) is 11.6 Å². The van der Waals surface area contributed by atoms with Crippen molar-refractivity contribution in [1.82, 2.24) is 19.8 Å². The average molecular weight is 493 g/mol. The van der Waals surface area contributed by atoms with E-state index in [0.717, 1.165) is 49.7 Å². The van der Waals surface area contributed by atoms with Gasteiger partial charge in [-0.3, -0.25) is 19.1 Å². The fourth-order valence-electron chi connectivity index (χ4n) is 4.12. The molecule has 1 N–H and O–H groups in total. The van der Waals surface area contributed by atoms with Crippen molar-refractivity contribution in [3.63, 3.8) is 0 Å². The molecule has 0 bridgehead atoms. The number of thioether (sulfide) groups is 1. The zero-order valence-electron chi connectivity index (χ0n) is 20.3. The number of hydrogen-bond acceptors (Lipinski definition) is 6. The van der Waals surface area contributed by atoms with E-state index in [0.29, 0.717) is 35.0 Å². The zero-order chi connectivity index (χ0) is 24.6. The van der Waals surface area contributed by atoms with Gasteiger partial charge >= 0.3 is 0 Å². The number of hydrogen-bond donors (Lipinski definition) is 1. The summed E-state index contributed by atoms with van der Waals surface area (Å²) < 4.78 is 6.99. The third-order valence-corrected chi connectivity index (χ3v) is 7.29. The summed E-state index contributed by atoms with van der Waals surface area (Å²) in [6, 6.07) is 17.6. The first-order valence-electron chi connectivity index (χ1n) is 11.9. The summed E-state index contributed by atoms with van der Waals surface area (Å²) in [5.41, 5.74) is 4.09. The smallest absolute Gasteiger partial charge is 0.257 e. The van der Waals surface area contributed by atoms with Crippen LogP contribution in [0.25, 0.3) is 0 Å². The number of benzene rings is 2. The van der Waals surface area contributed by atoms with Gasteiger partial charge in [-0.15, -0.1) is 0 Å². The molecule has 1 amide bonds. The SMILES string of the molecule is Cc1nc(SCc2ccccc2C(=O)NCCN2CCOCC2)n(C)c(=O)c1Cc1ccccc1. The standard InChI is InChI=1S/C27H32N4O3S/c1-20-24(18-21-8-4-3-5-9-21)26(33)30(2)27(29-20)35-19-22-10-6-7-11-23(22)25(32)28-12-13-31-14-16-34-17-15-31/h3-11H,12-19H2,1-2H3,(H,28,32). The summed E-state index contributed by atoms with van der Waals surface area (Å²) in [5, 5.41) is 3.69. The lowest BCUT2D eigenvalue weighted by Crippen LogP contribution is -2.41. The highest BCUT2D eigenvalue weighted by Crippen LogP contribution is 2.23. The van der Waals surface area contributed by atoms with Gasteiger partial charge in [0.15, 0.2) is 5.16 Å². The van der Waals surface area contributed by atoms with Gasteiger partial charge in [0.05, 0.1) is 13.2 Å². The van der Waals surface area contributed by atoms with Gasteiger partial charge in [-0.1, -0.05) is 60.3 Å². The number of carbonyl (C=O) groups excluding carboxylic acids is 1. The minimum atomic E-state index is -0.0781. The highest BCUT2D eigenvalue weighted by atomic mass is 32.2. The second-order valence-corrected chi connectivity index (χ2v) is 9.58. The molecule has 1 fully saturated rings. The highest BCUT2D eigenvalue weighted by molar-refractivity contribution is 7.98. The number of ether oxygens (including phenoxy) is 1. The molecule has 3 aromatic rings. The molecule has 0 saturated carbocycles. The Morgan fingerprint density at radius 2 is 1.80 bits per heavy atom. The molecule has 4 rings (SSSR count). The normalized spacial score (nSPS) is 14.1. The van der Waals surface area contributed by atoms with Gasteiger partial charge in [0.1, 0.15) is 0 Å². The quantitative estimate of drug-likeness (QED) is 0.366. The predicted molar refractivity (Wildman–Crippen MR) is 139 cm³/mol. The summed E-state index contributed by atoms with van der Waals surface area (Å²) in [5.74, 6) is 0.468. The van der Waals surface area contributed by atoms with Crippen LogP contribution >= 0.6 is 11.8 Å². The zero-order valence-corrected chi connectivity index (χ0v) is 21.1. The topological polar surface area (TPSA) is 76.5 Å². The van der Waals surface area contributed by atoms with Gasteiger partial charge in [-0.2, -0.15) is 0 Å². The van der Waals surface area contributed by atoms with E-state index in [1.807, 2.05) is 61.5 Å². The Balaban J connectivity index is 1.41. The van der Waals surface area contributed by atoms with Crippen LogP contribution in [0.5, 0.6) is 0 Å². The Hall–Kier alpha value is -2.94. The van der Waals surface area contributed by atoms with E-state index in [-0.39, 0.29) is 11.5 Å². The maximum atomic E-state index is 13.1. The van der Waals surface area contributed by atoms with Gasteiger partial charge in [0.2, 0.25) is 0 Å². The fraction of sp³-hybridized carbons (Fsp3) is 0.370. The second kappa shape index (κ2) is 12.2. The van der Waals surface area contributed by atoms with Crippen LogP contribution in [0.1, 0.15) is 32.7 Å². The Bertz CT molecular complexity index is 1210. The predicted octanol–water partition coefficient (Wildman–Crippen LogP) is 3.03. The molecule has 35 heavy (non-hydrogen) atoms. The Morgan fingerprint density at radius 1 is 1.09 bits per heavy atom. The number of aromatic nitrogens is 2. The molecular weight excluding hydrogens is 460 g/mol. The van der Waals surface area contributed by atoms with Crippen molar-refractivity contribution in [2.75, 3.05) is 39.4 Å². The number of morpholine rings is 1. The average Bonchev–Trinajstić information content (AvgIpc) is 2.89. The van der Waals surface area contributed by atoms with E-state index in [4.69, 9.17) is 9.72 Å². The van der Waals surface area contributed by atoms with Gasteiger partial charge < -0.3 is 10.1 Å². The molecule has 1 aliphatic heterocycles. The minimum Gasteiger partial charge on any atom is -0.379 e. The summed E-state index contributed by atoms with van der Waals surface area (Å²) in [4.78, 5) is 33.0. The van der Waals surface area contributed by atoms with Crippen molar-refractivity contribution >= 4 is 17.7 Å². The van der Waals surface area contributed by atoms with E-state index in [9.17, 15) is 9.59 Å². The highest BCUT2D eigenvalue weighted by Gasteiger charge is 2.16. The van der Waals surface area contributed by atoms with E-state index >= 15 is 0 Å². The molecule has 1 aliphatic rings. The molecule has 1 aromatic heterocycles. The Kier molecular flexibility index (Phi) is 8.74. The van der Waals surface area contributed by atoms with Gasteiger partial charge in [-0.25, -0.2) is 4.98 Å². The van der Waals surface area contributed by atoms with Crippen molar-refractivity contribution in [1.29, 1.82) is 0 Å². The van der Waals surface area contributed by atoms with Gasteiger partial charge in [0.25, 0.3) is 11.5 Å². The van der Waals surface area contributed by atoms with Crippen LogP contribution in [0.3, 0.4) is 0 Å². The molecule has 2 aromatic carbocycles. The fourth-order valence-corrected chi connectivity index (χ4v) is 5.13. The van der Waals surface area contributed by atoms with Gasteiger partial charge in [0, 0.05) is 62.2 Å². The molecule has 184 valence electrons. The molecule has 7 nitrogen and oxygen atoms in total. The first-order chi connectivity index (χ1) is 17.0. The number of amides is 1. The number of nitrogens with one attached hydrogen (secondary N) is 1. The number of nitrogens with zero attached hydrogens (tertiary/aromatic N) is 3. The third-order valence-electron chi connectivity index (χ3n) is 6.21. The van der Waals surface area contributed by atoms with Crippen molar-refractivity contribution in [2.45, 2.75) is 24.3 Å². The molecule has 0 spiro atoms. The van der Waals surface area contributed by atoms with Crippen molar-refractivity contribution in [3.05, 3.63) is 92.9 Å². The van der Waals surface area contributed by atoms with Crippen molar-refractivity contribution in [3.8, 4) is 0 Å². The Morgan fingerprint density at radius 3 is 2.57 bits per heavy atom. The number of carbonyl (C=O) groups is 1. The van der Waals surface area contributed by atoms with Crippen LogP contribution in [-0.2, 0) is 24.0 Å². The first-order valence-corrected chi connectivity index (χ1v) is 12.9. The Labute approximate surface area is 210 Å². The monoisotopic (exact) mass is 492 g/mol. The number of aryl methyl sites for hydroxylation is 1. The first kappa shape index (κ1) is 25.2. The van der Waals surface area contributed by atoms with Crippen LogP contribution in [0.4, 0.5) is 0 Å². The number of rotatable bonds is 9. The largest absolute Gasteiger partial charge is 0.379 e. The summed E-state index contributed by atoms with van der Waals surface area (Å²) >= 11 is 1.47. The maximum absolute atomic E-state index is 13.1. The van der Waals surface area contributed by atoms with E-state index < -0.39 is 0 Å². The van der Waals surface area contributed by atoms with Gasteiger partial charge in [-0.05, 0) is 24.1 Å². The van der Waals surface area contributed by atoms with E-state index in [2.05, 4.69) is 10.2 Å². The van der Waals surface area contributed by atoms with Crippen LogP contribution < -0.4 is 10.9 Å². The van der Waals surface area contributed by atoms with Crippen LogP contribution in [0, 0.1) is 6.92 Å². The summed E-state index contributed by atoms with van der Waals surface area (Å²) in [7, 11) is 1.76. The molecule has 0 atom stereocenters. The van der Waals surface area contributed by atoms with Crippen molar-refractivity contribution < 1.29 is 9.53 Å². The molecule has 2 heterocycles. The third kappa shape index (κ3) is 6.60. The molecule has 8 heteroatoms. The van der Waals surface area contributed by atoms with E-state index in [1.165, 1.54) is 11.8 Å². The summed E-state index contributed by atoms with van der Waals surface area (Å²) in [6.07, 6.45) is 0.560. The minimum absolute atomic E-state index is 0.0296. The lowest BCUT2D eigenvalue weighted by Gasteiger charge is -2.26. The van der Waals surface area contributed by atoms with Crippen LogP contribution in [0.2, 0.25) is 0 Å². The molecular formula is C27H32N4O3S. The second-order valence-electron chi connectivity index (χ2n) is 8.64. The molecule has 1 saturated heterocycles.